The van der Waals surface area contributed by atoms with Gasteiger partial charge in [0.1, 0.15) is 5.82 Å². The van der Waals surface area contributed by atoms with Gasteiger partial charge in [0.25, 0.3) is 5.91 Å². The number of rotatable bonds is 2. The molecular weight excluding hydrogens is 337 g/mol. The van der Waals surface area contributed by atoms with Gasteiger partial charge < -0.3 is 10.4 Å². The summed E-state index contributed by atoms with van der Waals surface area (Å²) in [6, 6.07) is 11.1. The number of hydrogen-bond acceptors (Lipinski definition) is 2. The third-order valence-corrected chi connectivity index (χ3v) is 4.07. The van der Waals surface area contributed by atoms with Crippen molar-refractivity contribution < 1.29 is 14.3 Å². The summed E-state index contributed by atoms with van der Waals surface area (Å²) in [6.07, 6.45) is -0.156. The van der Waals surface area contributed by atoms with Gasteiger partial charge in [-0.3, -0.25) is 4.79 Å². The van der Waals surface area contributed by atoms with Gasteiger partial charge in [-0.25, -0.2) is 4.39 Å². The Morgan fingerprint density at radius 3 is 2.81 bits per heavy atom. The van der Waals surface area contributed by atoms with Crippen LogP contribution in [-0.2, 0) is 6.42 Å². The molecule has 2 N–H and O–H groups in total. The Balaban J connectivity index is 1.85. The summed E-state index contributed by atoms with van der Waals surface area (Å²) in [5, 5.41) is 12.9. The zero-order valence-corrected chi connectivity index (χ0v) is 12.6. The van der Waals surface area contributed by atoms with Crippen molar-refractivity contribution >= 4 is 21.8 Å². The molecule has 0 aromatic heterocycles. The number of nitrogens with one attached hydrogen (secondary N) is 1. The van der Waals surface area contributed by atoms with Crippen LogP contribution in [0.25, 0.3) is 0 Å². The molecule has 1 amide bonds. The molecule has 0 aliphatic heterocycles. The second kappa shape index (κ2) is 5.58. The van der Waals surface area contributed by atoms with Crippen LogP contribution in [0.3, 0.4) is 0 Å². The van der Waals surface area contributed by atoms with Crippen LogP contribution in [0.1, 0.15) is 27.5 Å². The summed E-state index contributed by atoms with van der Waals surface area (Å²) >= 11 is 3.16. The number of carbonyl (C=O) groups is 1. The summed E-state index contributed by atoms with van der Waals surface area (Å²) in [5.74, 6) is -0.891. The fourth-order valence-corrected chi connectivity index (χ4v) is 3.12. The van der Waals surface area contributed by atoms with Crippen molar-refractivity contribution in [2.24, 2.45) is 0 Å². The molecule has 5 heteroatoms. The molecule has 3 rings (SSSR count). The molecule has 21 heavy (non-hydrogen) atoms. The van der Waals surface area contributed by atoms with Crippen LogP contribution in [-0.4, -0.2) is 17.1 Å². The highest BCUT2D eigenvalue weighted by Gasteiger charge is 2.32. The summed E-state index contributed by atoms with van der Waals surface area (Å²) < 4.78 is 13.9. The molecule has 0 saturated heterocycles. The number of benzene rings is 2. The van der Waals surface area contributed by atoms with E-state index in [2.05, 4.69) is 21.2 Å². The minimum atomic E-state index is -0.664. The van der Waals surface area contributed by atoms with Crippen LogP contribution in [0.4, 0.5) is 4.39 Å². The lowest BCUT2D eigenvalue weighted by atomic mass is 10.1. The van der Waals surface area contributed by atoms with Gasteiger partial charge in [-0.15, -0.1) is 0 Å². The van der Waals surface area contributed by atoms with Gasteiger partial charge in [-0.1, -0.05) is 40.2 Å². The first-order chi connectivity index (χ1) is 10.0. The third kappa shape index (κ3) is 2.84. The van der Waals surface area contributed by atoms with Gasteiger partial charge in [-0.2, -0.15) is 0 Å². The lowest BCUT2D eigenvalue weighted by Crippen LogP contribution is -2.33. The van der Waals surface area contributed by atoms with Crippen molar-refractivity contribution in [1.82, 2.24) is 5.32 Å². The number of halogens is 2. The quantitative estimate of drug-likeness (QED) is 0.875. The summed E-state index contributed by atoms with van der Waals surface area (Å²) in [6.45, 7) is 0. The predicted molar refractivity (Wildman–Crippen MR) is 80.5 cm³/mol. The van der Waals surface area contributed by atoms with Gasteiger partial charge in [0.05, 0.1) is 12.1 Å². The van der Waals surface area contributed by atoms with E-state index in [1.807, 2.05) is 24.3 Å². The number of fused-ring (bicyclic) bond motifs is 1. The van der Waals surface area contributed by atoms with Crippen molar-refractivity contribution in [3.63, 3.8) is 0 Å². The van der Waals surface area contributed by atoms with Crippen LogP contribution in [0.15, 0.2) is 46.9 Å². The maximum Gasteiger partial charge on any atom is 0.251 e. The molecule has 2 atom stereocenters. The van der Waals surface area contributed by atoms with E-state index >= 15 is 0 Å². The summed E-state index contributed by atoms with van der Waals surface area (Å²) in [5.41, 5.74) is 2.16. The van der Waals surface area contributed by atoms with Gasteiger partial charge in [0.2, 0.25) is 0 Å². The van der Waals surface area contributed by atoms with E-state index in [0.29, 0.717) is 10.9 Å². The van der Waals surface area contributed by atoms with Gasteiger partial charge >= 0.3 is 0 Å². The monoisotopic (exact) mass is 349 g/mol. The average Bonchev–Trinajstić information content (AvgIpc) is 2.74. The first-order valence-corrected chi connectivity index (χ1v) is 7.37. The smallest absolute Gasteiger partial charge is 0.251 e. The van der Waals surface area contributed by atoms with Crippen LogP contribution >= 0.6 is 15.9 Å². The second-order valence-electron chi connectivity index (χ2n) is 5.08. The van der Waals surface area contributed by atoms with Gasteiger partial charge in [0.15, 0.2) is 0 Å². The zero-order valence-electron chi connectivity index (χ0n) is 11.0. The molecule has 2 aromatic carbocycles. The van der Waals surface area contributed by atoms with E-state index in [1.165, 1.54) is 12.1 Å². The van der Waals surface area contributed by atoms with Gasteiger partial charge in [-0.05, 0) is 29.3 Å². The lowest BCUT2D eigenvalue weighted by molar-refractivity contribution is 0.0857. The van der Waals surface area contributed by atoms with E-state index in [4.69, 9.17) is 0 Å². The molecule has 1 aliphatic rings. The molecule has 3 nitrogen and oxygen atoms in total. The van der Waals surface area contributed by atoms with E-state index in [1.54, 1.807) is 6.07 Å². The fraction of sp³-hybridized carbons (Fsp3) is 0.188. The van der Waals surface area contributed by atoms with E-state index in [-0.39, 0.29) is 5.56 Å². The molecule has 0 heterocycles. The standard InChI is InChI=1S/C16H13BrFNO2/c17-11-5-10(6-12(18)8-11)16(21)19-15-13-4-2-1-3-9(13)7-14(15)20/h1-6,8,14-15,20H,7H2,(H,19,21)/t14-,15+/m1/s1. The summed E-state index contributed by atoms with van der Waals surface area (Å²) in [7, 11) is 0. The highest BCUT2D eigenvalue weighted by molar-refractivity contribution is 9.10. The van der Waals surface area contributed by atoms with Crippen LogP contribution in [0.2, 0.25) is 0 Å². The minimum absolute atomic E-state index is 0.221. The highest BCUT2D eigenvalue weighted by atomic mass is 79.9. The number of carbonyl (C=O) groups excluding carboxylic acids is 1. The zero-order chi connectivity index (χ0) is 15.0. The molecule has 108 valence electrons. The summed E-state index contributed by atoms with van der Waals surface area (Å²) in [4.78, 5) is 12.3. The molecule has 0 spiro atoms. The molecule has 0 saturated carbocycles. The Kier molecular flexibility index (Phi) is 3.78. The highest BCUT2D eigenvalue weighted by Crippen LogP contribution is 2.31. The molecule has 0 radical (unpaired) electrons. The first kappa shape index (κ1) is 14.2. The Morgan fingerprint density at radius 1 is 1.29 bits per heavy atom. The Morgan fingerprint density at radius 2 is 2.05 bits per heavy atom. The Bertz CT molecular complexity index is 684. The predicted octanol–water partition coefficient (Wildman–Crippen LogP) is 2.98. The maximum absolute atomic E-state index is 13.4. The van der Waals surface area contributed by atoms with Gasteiger partial charge in [0, 0.05) is 16.5 Å². The number of amides is 1. The molecule has 2 aromatic rings. The number of hydrogen-bond donors (Lipinski definition) is 2. The number of aliphatic hydroxyl groups excluding tert-OH is 1. The maximum atomic E-state index is 13.4. The second-order valence-corrected chi connectivity index (χ2v) is 6.00. The first-order valence-electron chi connectivity index (χ1n) is 6.57. The van der Waals surface area contributed by atoms with Crippen molar-refractivity contribution in [2.75, 3.05) is 0 Å². The largest absolute Gasteiger partial charge is 0.390 e. The fourth-order valence-electron chi connectivity index (χ4n) is 2.66. The minimum Gasteiger partial charge on any atom is -0.390 e. The normalized spacial score (nSPS) is 20.1. The topological polar surface area (TPSA) is 49.3 Å². The lowest BCUT2D eigenvalue weighted by Gasteiger charge is -2.18. The van der Waals surface area contributed by atoms with Crippen LogP contribution < -0.4 is 5.32 Å². The van der Waals surface area contributed by atoms with Crippen molar-refractivity contribution in [3.8, 4) is 0 Å². The number of aliphatic hydroxyl groups is 1. The molecular formula is C16H13BrFNO2. The molecule has 0 fully saturated rings. The average molecular weight is 350 g/mol. The van der Waals surface area contributed by atoms with Crippen molar-refractivity contribution in [3.05, 3.63) is 69.4 Å². The third-order valence-electron chi connectivity index (χ3n) is 3.62. The van der Waals surface area contributed by atoms with E-state index in [9.17, 15) is 14.3 Å². The van der Waals surface area contributed by atoms with Crippen LogP contribution in [0.5, 0.6) is 0 Å². The van der Waals surface area contributed by atoms with Crippen molar-refractivity contribution in [2.45, 2.75) is 18.6 Å². The van der Waals surface area contributed by atoms with Crippen molar-refractivity contribution in [1.29, 1.82) is 0 Å². The SMILES string of the molecule is O=C(N[C@H]1c2ccccc2C[C@H]1O)c1cc(F)cc(Br)c1. The van der Waals surface area contributed by atoms with E-state index < -0.39 is 23.9 Å². The van der Waals surface area contributed by atoms with E-state index in [0.717, 1.165) is 11.1 Å². The Labute approximate surface area is 129 Å². The molecule has 1 aliphatic carbocycles. The Hall–Kier alpha value is -1.72. The van der Waals surface area contributed by atoms with Crippen LogP contribution in [0, 0.1) is 5.82 Å². The molecule has 0 unspecified atom stereocenters. The molecule has 0 bridgehead atoms.